The molecule has 0 radical (unpaired) electrons. The summed E-state index contributed by atoms with van der Waals surface area (Å²) in [7, 11) is 1.80. The molecule has 1 amide bonds. The predicted octanol–water partition coefficient (Wildman–Crippen LogP) is 1.84. The van der Waals surface area contributed by atoms with Gasteiger partial charge in [0.1, 0.15) is 16.8 Å². The van der Waals surface area contributed by atoms with Crippen LogP contribution >= 0.6 is 11.3 Å². The van der Waals surface area contributed by atoms with Gasteiger partial charge in [-0.25, -0.2) is 9.67 Å². The van der Waals surface area contributed by atoms with Gasteiger partial charge in [-0.3, -0.25) is 10.1 Å². The molecule has 0 bridgehead atoms. The minimum Gasteiger partial charge on any atom is -0.371 e. The fourth-order valence-electron chi connectivity index (χ4n) is 3.24. The van der Waals surface area contributed by atoms with Gasteiger partial charge in [-0.15, -0.1) is 11.3 Å². The minimum atomic E-state index is -0.257. The number of piperidine rings is 1. The molecular weight excluding hydrogens is 340 g/mol. The number of nitrogens with zero attached hydrogens (tertiary/aromatic N) is 4. The summed E-state index contributed by atoms with van der Waals surface area (Å²) in [4.78, 5) is 21.4. The number of aromatic nitrogens is 4. The lowest BCUT2D eigenvalue weighted by atomic mass is 9.98. The van der Waals surface area contributed by atoms with Gasteiger partial charge in [-0.05, 0) is 38.8 Å². The van der Waals surface area contributed by atoms with Crippen LogP contribution in [-0.4, -0.2) is 45.4 Å². The molecular formula is C16H22N6O2S. The third-order valence-electron chi connectivity index (χ3n) is 4.67. The average Bonchev–Trinajstić information content (AvgIpc) is 3.36. The van der Waals surface area contributed by atoms with Crippen LogP contribution in [-0.2, 0) is 11.8 Å². The molecule has 2 aliphatic heterocycles. The molecule has 0 spiro atoms. The van der Waals surface area contributed by atoms with Crippen molar-refractivity contribution in [2.75, 3.05) is 25.0 Å². The molecule has 2 N–H and O–H groups in total. The molecule has 4 heterocycles. The minimum absolute atomic E-state index is 0.0351. The lowest BCUT2D eigenvalue weighted by Crippen LogP contribution is -2.27. The van der Waals surface area contributed by atoms with Crippen LogP contribution in [0.3, 0.4) is 0 Å². The van der Waals surface area contributed by atoms with E-state index in [4.69, 9.17) is 4.74 Å². The number of carbonyl (C=O) groups is 1. The number of rotatable bonds is 4. The van der Waals surface area contributed by atoms with Gasteiger partial charge < -0.3 is 10.1 Å². The maximum atomic E-state index is 12.5. The lowest BCUT2D eigenvalue weighted by Gasteiger charge is -2.19. The van der Waals surface area contributed by atoms with Gasteiger partial charge >= 0.3 is 0 Å². The van der Waals surface area contributed by atoms with Crippen LogP contribution in [0, 0.1) is 0 Å². The number of aryl methyl sites for hydroxylation is 1. The lowest BCUT2D eigenvalue weighted by molar-refractivity contribution is 0.101. The maximum absolute atomic E-state index is 12.5. The van der Waals surface area contributed by atoms with Crippen LogP contribution in [0.25, 0.3) is 0 Å². The molecule has 1 unspecified atom stereocenters. The van der Waals surface area contributed by atoms with E-state index in [0.717, 1.165) is 56.2 Å². The number of thiazole rings is 1. The molecule has 25 heavy (non-hydrogen) atoms. The summed E-state index contributed by atoms with van der Waals surface area (Å²) >= 11 is 1.47. The van der Waals surface area contributed by atoms with Crippen molar-refractivity contribution in [2.45, 2.75) is 37.7 Å². The molecule has 0 saturated carbocycles. The topological polar surface area (TPSA) is 94.0 Å². The highest BCUT2D eigenvalue weighted by atomic mass is 32.1. The Morgan fingerprint density at radius 3 is 2.96 bits per heavy atom. The number of carbonyl (C=O) groups excluding carboxylic acids is 1. The monoisotopic (exact) mass is 362 g/mol. The first-order valence-electron chi connectivity index (χ1n) is 8.71. The van der Waals surface area contributed by atoms with Gasteiger partial charge in [-0.1, -0.05) is 0 Å². The molecule has 2 aliphatic rings. The summed E-state index contributed by atoms with van der Waals surface area (Å²) in [6.07, 6.45) is 4.09. The Balaban J connectivity index is 1.44. The van der Waals surface area contributed by atoms with Crippen LogP contribution in [0.15, 0.2) is 5.38 Å². The highest BCUT2D eigenvalue weighted by Crippen LogP contribution is 2.30. The Morgan fingerprint density at radius 1 is 1.36 bits per heavy atom. The van der Waals surface area contributed by atoms with Gasteiger partial charge in [0.2, 0.25) is 5.95 Å². The summed E-state index contributed by atoms with van der Waals surface area (Å²) in [5.74, 6) is 1.36. The first-order valence-corrected chi connectivity index (χ1v) is 9.58. The van der Waals surface area contributed by atoms with Gasteiger partial charge in [-0.2, -0.15) is 10.1 Å². The van der Waals surface area contributed by atoms with Gasteiger partial charge in [0.15, 0.2) is 5.82 Å². The van der Waals surface area contributed by atoms with Crippen molar-refractivity contribution in [3.63, 3.8) is 0 Å². The van der Waals surface area contributed by atoms with Crippen molar-refractivity contribution in [1.82, 2.24) is 25.1 Å². The van der Waals surface area contributed by atoms with E-state index in [2.05, 4.69) is 25.7 Å². The first kappa shape index (κ1) is 16.6. The Hall–Kier alpha value is -1.84. The predicted molar refractivity (Wildman–Crippen MR) is 93.8 cm³/mol. The summed E-state index contributed by atoms with van der Waals surface area (Å²) in [6.45, 7) is 2.73. The normalized spacial score (nSPS) is 21.6. The largest absolute Gasteiger partial charge is 0.371 e. The van der Waals surface area contributed by atoms with Gasteiger partial charge in [0, 0.05) is 25.0 Å². The quantitative estimate of drug-likeness (QED) is 0.862. The molecule has 9 heteroatoms. The molecule has 2 fully saturated rings. The number of anilines is 1. The van der Waals surface area contributed by atoms with Crippen molar-refractivity contribution < 1.29 is 9.53 Å². The summed E-state index contributed by atoms with van der Waals surface area (Å²) in [5, 5.41) is 13.3. The van der Waals surface area contributed by atoms with Crippen molar-refractivity contribution >= 4 is 23.2 Å². The van der Waals surface area contributed by atoms with E-state index in [1.807, 2.05) is 0 Å². The second-order valence-corrected chi connectivity index (χ2v) is 7.36. The summed E-state index contributed by atoms with van der Waals surface area (Å²) in [5.41, 5.74) is 0.405. The van der Waals surface area contributed by atoms with Crippen LogP contribution in [0.1, 0.15) is 59.0 Å². The Morgan fingerprint density at radius 2 is 2.20 bits per heavy atom. The highest BCUT2D eigenvalue weighted by Gasteiger charge is 2.24. The second-order valence-electron chi connectivity index (χ2n) is 6.47. The first-order chi connectivity index (χ1) is 12.2. The highest BCUT2D eigenvalue weighted by molar-refractivity contribution is 7.09. The molecule has 8 nitrogen and oxygen atoms in total. The van der Waals surface area contributed by atoms with E-state index in [-0.39, 0.29) is 12.0 Å². The summed E-state index contributed by atoms with van der Waals surface area (Å²) < 4.78 is 7.25. The van der Waals surface area contributed by atoms with E-state index >= 15 is 0 Å². The van der Waals surface area contributed by atoms with Crippen molar-refractivity contribution in [3.05, 3.63) is 21.9 Å². The van der Waals surface area contributed by atoms with Gasteiger partial charge in [0.25, 0.3) is 5.91 Å². The van der Waals surface area contributed by atoms with E-state index < -0.39 is 0 Å². The van der Waals surface area contributed by atoms with E-state index in [9.17, 15) is 4.79 Å². The molecule has 134 valence electrons. The zero-order chi connectivity index (χ0) is 17.2. The van der Waals surface area contributed by atoms with Crippen LogP contribution in [0.2, 0.25) is 0 Å². The number of amides is 1. The number of hydrogen-bond acceptors (Lipinski definition) is 7. The smallest absolute Gasteiger partial charge is 0.277 e. The van der Waals surface area contributed by atoms with Crippen LogP contribution in [0.4, 0.5) is 5.95 Å². The average molecular weight is 362 g/mol. The van der Waals surface area contributed by atoms with Crippen molar-refractivity contribution in [1.29, 1.82) is 0 Å². The number of ether oxygens (including phenoxy) is 1. The Kier molecular flexibility index (Phi) is 4.78. The van der Waals surface area contributed by atoms with Crippen LogP contribution < -0.4 is 10.6 Å². The van der Waals surface area contributed by atoms with Gasteiger partial charge in [0.05, 0.1) is 0 Å². The standard InChI is InChI=1S/C16H22N6O2S/c1-22-16(19-13(21-22)10-4-6-17-7-5-10)20-14(23)11-9-25-15(18-11)12-3-2-8-24-12/h9-10,12,17H,2-8H2,1H3,(H,19,20,21,23). The van der Waals surface area contributed by atoms with E-state index in [1.54, 1.807) is 17.1 Å². The van der Waals surface area contributed by atoms with E-state index in [1.165, 1.54) is 11.3 Å². The fraction of sp³-hybridized carbons (Fsp3) is 0.625. The third-order valence-corrected chi connectivity index (χ3v) is 5.61. The molecule has 2 saturated heterocycles. The Bertz CT molecular complexity index is 746. The third kappa shape index (κ3) is 3.58. The van der Waals surface area contributed by atoms with Crippen molar-refractivity contribution in [3.8, 4) is 0 Å². The molecule has 2 aromatic rings. The zero-order valence-electron chi connectivity index (χ0n) is 14.2. The zero-order valence-corrected chi connectivity index (χ0v) is 15.0. The fourth-order valence-corrected chi connectivity index (χ4v) is 4.12. The van der Waals surface area contributed by atoms with Crippen molar-refractivity contribution in [2.24, 2.45) is 7.05 Å². The number of hydrogen-bond donors (Lipinski definition) is 2. The molecule has 0 aliphatic carbocycles. The molecule has 2 aromatic heterocycles. The molecule has 0 aromatic carbocycles. The van der Waals surface area contributed by atoms with Crippen LogP contribution in [0.5, 0.6) is 0 Å². The molecule has 4 rings (SSSR count). The molecule has 1 atom stereocenters. The number of nitrogens with one attached hydrogen (secondary N) is 2. The summed E-state index contributed by atoms with van der Waals surface area (Å²) in [6, 6.07) is 0. The maximum Gasteiger partial charge on any atom is 0.277 e. The second kappa shape index (κ2) is 7.19. The Labute approximate surface area is 150 Å². The SMILES string of the molecule is Cn1nc(C2CCNCC2)nc1NC(=O)c1csc(C2CCCO2)n1. The van der Waals surface area contributed by atoms with E-state index in [0.29, 0.717) is 17.6 Å².